The molecule has 17 heavy (non-hydrogen) atoms. The van der Waals surface area contributed by atoms with Gasteiger partial charge in [-0.1, -0.05) is 26.2 Å². The molecule has 1 heterocycles. The molecule has 1 saturated carbocycles. The van der Waals surface area contributed by atoms with Crippen molar-refractivity contribution in [2.75, 3.05) is 26.2 Å². The maximum atomic E-state index is 10.4. The molecule has 2 aliphatic rings. The molecule has 0 unspecified atom stereocenters. The minimum Gasteiger partial charge on any atom is -0.389 e. The normalized spacial score (nSPS) is 27.2. The van der Waals surface area contributed by atoms with E-state index in [2.05, 4.69) is 17.1 Å². The Morgan fingerprint density at radius 3 is 2.41 bits per heavy atom. The number of piperidine rings is 1. The molecule has 2 fully saturated rings. The van der Waals surface area contributed by atoms with E-state index in [1.807, 2.05) is 0 Å². The molecule has 0 amide bonds. The molecule has 100 valence electrons. The lowest BCUT2D eigenvalue weighted by atomic mass is 9.84. The van der Waals surface area contributed by atoms with Crippen molar-refractivity contribution in [2.45, 2.75) is 63.5 Å². The first-order valence-corrected chi connectivity index (χ1v) is 7.40. The van der Waals surface area contributed by atoms with Gasteiger partial charge in [0.25, 0.3) is 0 Å². The van der Waals surface area contributed by atoms with E-state index in [0.29, 0.717) is 6.04 Å². The van der Waals surface area contributed by atoms with Gasteiger partial charge in [-0.3, -0.25) is 0 Å². The average Bonchev–Trinajstić information content (AvgIpc) is 2.38. The first-order chi connectivity index (χ1) is 8.22. The lowest BCUT2D eigenvalue weighted by Crippen LogP contribution is -2.49. The van der Waals surface area contributed by atoms with Gasteiger partial charge >= 0.3 is 0 Å². The molecule has 3 nitrogen and oxygen atoms in total. The summed E-state index contributed by atoms with van der Waals surface area (Å²) >= 11 is 0. The van der Waals surface area contributed by atoms with Crippen LogP contribution in [0, 0.1) is 0 Å². The average molecular weight is 240 g/mol. The number of nitrogens with zero attached hydrogens (tertiary/aromatic N) is 1. The zero-order chi connectivity index (χ0) is 12.1. The maximum Gasteiger partial charge on any atom is 0.0771 e. The molecule has 0 atom stereocenters. The van der Waals surface area contributed by atoms with Crippen molar-refractivity contribution in [2.24, 2.45) is 0 Å². The highest BCUT2D eigenvalue weighted by molar-refractivity contribution is 4.87. The van der Waals surface area contributed by atoms with Crippen LogP contribution in [0.1, 0.15) is 51.9 Å². The largest absolute Gasteiger partial charge is 0.389 e. The fourth-order valence-electron chi connectivity index (χ4n) is 3.17. The molecule has 1 aliphatic heterocycles. The van der Waals surface area contributed by atoms with Crippen molar-refractivity contribution in [3.8, 4) is 0 Å². The molecule has 0 bridgehead atoms. The van der Waals surface area contributed by atoms with Gasteiger partial charge in [0.15, 0.2) is 0 Å². The number of nitrogens with one attached hydrogen (secondary N) is 1. The molecule has 0 aromatic rings. The minimum atomic E-state index is -0.403. The number of rotatable bonds is 4. The Morgan fingerprint density at radius 1 is 1.18 bits per heavy atom. The van der Waals surface area contributed by atoms with Crippen molar-refractivity contribution in [3.63, 3.8) is 0 Å². The predicted octanol–water partition coefficient (Wildman–Crippen LogP) is 1.76. The Bertz CT molecular complexity index is 218. The van der Waals surface area contributed by atoms with Gasteiger partial charge in [0.2, 0.25) is 0 Å². The van der Waals surface area contributed by atoms with Crippen LogP contribution in [0.15, 0.2) is 0 Å². The molecule has 0 spiro atoms. The first kappa shape index (κ1) is 13.3. The molecule has 1 aliphatic carbocycles. The summed E-state index contributed by atoms with van der Waals surface area (Å²) in [6.45, 7) is 6.65. The van der Waals surface area contributed by atoms with E-state index < -0.39 is 5.60 Å². The molecular weight excluding hydrogens is 212 g/mol. The van der Waals surface area contributed by atoms with E-state index in [4.69, 9.17) is 0 Å². The van der Waals surface area contributed by atoms with Crippen LogP contribution in [0.4, 0.5) is 0 Å². The molecule has 1 saturated heterocycles. The third kappa shape index (κ3) is 3.94. The van der Waals surface area contributed by atoms with Gasteiger partial charge in [-0.2, -0.15) is 0 Å². The number of hydrogen-bond donors (Lipinski definition) is 2. The summed E-state index contributed by atoms with van der Waals surface area (Å²) in [6.07, 6.45) is 8.17. The molecule has 2 N–H and O–H groups in total. The Balaban J connectivity index is 1.68. The molecule has 0 aromatic carbocycles. The van der Waals surface area contributed by atoms with E-state index in [-0.39, 0.29) is 0 Å². The number of aliphatic hydroxyl groups is 1. The third-order valence-corrected chi connectivity index (χ3v) is 4.54. The summed E-state index contributed by atoms with van der Waals surface area (Å²) in [7, 11) is 0. The Labute approximate surface area is 106 Å². The summed E-state index contributed by atoms with van der Waals surface area (Å²) in [4.78, 5) is 2.51. The zero-order valence-electron chi connectivity index (χ0n) is 11.2. The quantitative estimate of drug-likeness (QED) is 0.786. The lowest BCUT2D eigenvalue weighted by molar-refractivity contribution is 0.000809. The highest BCUT2D eigenvalue weighted by atomic mass is 16.3. The Hall–Kier alpha value is -0.120. The van der Waals surface area contributed by atoms with E-state index in [1.54, 1.807) is 0 Å². The van der Waals surface area contributed by atoms with Gasteiger partial charge in [0, 0.05) is 12.6 Å². The highest BCUT2D eigenvalue weighted by Crippen LogP contribution is 2.27. The third-order valence-electron chi connectivity index (χ3n) is 4.54. The molecule has 0 aromatic heterocycles. The van der Waals surface area contributed by atoms with Crippen LogP contribution >= 0.6 is 0 Å². The Morgan fingerprint density at radius 2 is 1.82 bits per heavy atom. The topological polar surface area (TPSA) is 35.5 Å². The maximum absolute atomic E-state index is 10.4. The van der Waals surface area contributed by atoms with Crippen molar-refractivity contribution in [3.05, 3.63) is 0 Å². The van der Waals surface area contributed by atoms with Crippen molar-refractivity contribution >= 4 is 0 Å². The number of likely N-dealkylation sites (tertiary alicyclic amines) is 1. The van der Waals surface area contributed by atoms with Gasteiger partial charge in [-0.05, 0) is 45.3 Å². The second kappa shape index (κ2) is 6.17. The summed E-state index contributed by atoms with van der Waals surface area (Å²) in [5, 5.41) is 14.0. The molecule has 0 radical (unpaired) electrons. The van der Waals surface area contributed by atoms with Gasteiger partial charge in [0.05, 0.1) is 5.60 Å². The van der Waals surface area contributed by atoms with E-state index in [0.717, 1.165) is 19.4 Å². The standard InChI is InChI=1S/C14H28N2O/c1-2-16-10-6-13(7-11-16)15-12-14(17)8-4-3-5-9-14/h13,15,17H,2-12H2,1H3. The summed E-state index contributed by atoms with van der Waals surface area (Å²) in [6, 6.07) is 0.628. The smallest absolute Gasteiger partial charge is 0.0771 e. The molecule has 3 heteroatoms. The van der Waals surface area contributed by atoms with Crippen LogP contribution < -0.4 is 5.32 Å². The van der Waals surface area contributed by atoms with Gasteiger partial charge < -0.3 is 15.3 Å². The van der Waals surface area contributed by atoms with Crippen LogP contribution in [0.25, 0.3) is 0 Å². The highest BCUT2D eigenvalue weighted by Gasteiger charge is 2.30. The van der Waals surface area contributed by atoms with Crippen LogP contribution in [-0.4, -0.2) is 47.8 Å². The Kier molecular flexibility index (Phi) is 4.83. The van der Waals surface area contributed by atoms with Crippen molar-refractivity contribution < 1.29 is 5.11 Å². The summed E-state index contributed by atoms with van der Waals surface area (Å²) in [5.74, 6) is 0. The van der Waals surface area contributed by atoms with Crippen LogP contribution in [0.5, 0.6) is 0 Å². The van der Waals surface area contributed by atoms with Gasteiger partial charge in [0.1, 0.15) is 0 Å². The molecular formula is C14H28N2O. The van der Waals surface area contributed by atoms with E-state index >= 15 is 0 Å². The van der Waals surface area contributed by atoms with Crippen molar-refractivity contribution in [1.82, 2.24) is 10.2 Å². The first-order valence-electron chi connectivity index (χ1n) is 7.40. The van der Waals surface area contributed by atoms with Crippen molar-refractivity contribution in [1.29, 1.82) is 0 Å². The number of hydrogen-bond acceptors (Lipinski definition) is 3. The lowest BCUT2D eigenvalue weighted by Gasteiger charge is -2.36. The van der Waals surface area contributed by atoms with Crippen LogP contribution in [0.3, 0.4) is 0 Å². The van der Waals surface area contributed by atoms with Gasteiger partial charge in [-0.15, -0.1) is 0 Å². The fourth-order valence-corrected chi connectivity index (χ4v) is 3.17. The second-order valence-corrected chi connectivity index (χ2v) is 5.87. The SMILES string of the molecule is CCN1CCC(NCC2(O)CCCCC2)CC1. The summed E-state index contributed by atoms with van der Waals surface area (Å²) in [5.41, 5.74) is -0.403. The van der Waals surface area contributed by atoms with Crippen LogP contribution in [0.2, 0.25) is 0 Å². The summed E-state index contributed by atoms with van der Waals surface area (Å²) < 4.78 is 0. The van der Waals surface area contributed by atoms with E-state index in [9.17, 15) is 5.11 Å². The minimum absolute atomic E-state index is 0.403. The van der Waals surface area contributed by atoms with Gasteiger partial charge in [-0.25, -0.2) is 0 Å². The van der Waals surface area contributed by atoms with E-state index in [1.165, 1.54) is 51.7 Å². The fraction of sp³-hybridized carbons (Fsp3) is 1.00. The molecule has 2 rings (SSSR count). The zero-order valence-corrected chi connectivity index (χ0v) is 11.2. The van der Waals surface area contributed by atoms with Crippen LogP contribution in [-0.2, 0) is 0 Å². The second-order valence-electron chi connectivity index (χ2n) is 5.87. The monoisotopic (exact) mass is 240 g/mol. The predicted molar refractivity (Wildman–Crippen MR) is 71.2 cm³/mol.